The van der Waals surface area contributed by atoms with E-state index in [-0.39, 0.29) is 24.5 Å². The second-order valence-corrected chi connectivity index (χ2v) is 3.22. The van der Waals surface area contributed by atoms with Gasteiger partial charge in [0, 0.05) is 25.5 Å². The molecule has 3 heteroatoms. The molecular weight excluding hydrogens is 166 g/mol. The highest BCUT2D eigenvalue weighted by Crippen LogP contribution is 2.01. The fourth-order valence-electron chi connectivity index (χ4n) is 0.812. The molecule has 3 nitrogen and oxygen atoms in total. The lowest BCUT2D eigenvalue weighted by atomic mass is 10.1. The summed E-state index contributed by atoms with van der Waals surface area (Å²) in [5.74, 6) is 2.43. The number of terminal acetylenes is 1. The molecule has 13 heavy (non-hydrogen) atoms. The predicted molar refractivity (Wildman–Crippen MR) is 51.9 cm³/mol. The van der Waals surface area contributed by atoms with Gasteiger partial charge in [-0.05, 0) is 12.8 Å². The first-order chi connectivity index (χ1) is 6.11. The first-order valence-corrected chi connectivity index (χ1v) is 4.45. The van der Waals surface area contributed by atoms with E-state index in [2.05, 4.69) is 11.2 Å². The summed E-state index contributed by atoms with van der Waals surface area (Å²) in [6.45, 7) is 3.83. The minimum absolute atomic E-state index is 0.00438. The van der Waals surface area contributed by atoms with Crippen LogP contribution in [0.3, 0.4) is 0 Å². The number of carbonyl (C=O) groups excluding carboxylic acids is 1. The van der Waals surface area contributed by atoms with Crippen LogP contribution in [0.1, 0.15) is 26.7 Å². The number of hydrogen-bond donors (Lipinski definition) is 2. The van der Waals surface area contributed by atoms with Crippen LogP contribution in [0, 0.1) is 18.3 Å². The van der Waals surface area contributed by atoms with Crippen molar-refractivity contribution < 1.29 is 9.90 Å². The van der Waals surface area contributed by atoms with Gasteiger partial charge in [0.2, 0.25) is 5.91 Å². The van der Waals surface area contributed by atoms with E-state index in [9.17, 15) is 4.79 Å². The average Bonchev–Trinajstić information content (AvgIpc) is 2.13. The summed E-state index contributed by atoms with van der Waals surface area (Å²) in [6, 6.07) is -0.00438. The summed E-state index contributed by atoms with van der Waals surface area (Å²) < 4.78 is 0. The topological polar surface area (TPSA) is 49.3 Å². The molecule has 0 aliphatic rings. The summed E-state index contributed by atoms with van der Waals surface area (Å²) in [6.07, 6.45) is 5.85. The van der Waals surface area contributed by atoms with Gasteiger partial charge in [-0.3, -0.25) is 4.79 Å². The zero-order valence-electron chi connectivity index (χ0n) is 8.21. The average molecular weight is 183 g/mol. The van der Waals surface area contributed by atoms with Crippen LogP contribution >= 0.6 is 0 Å². The van der Waals surface area contributed by atoms with E-state index in [0.717, 1.165) is 0 Å². The Bertz CT molecular complexity index is 196. The second-order valence-electron chi connectivity index (χ2n) is 3.22. The minimum atomic E-state index is -0.0502. The molecule has 0 aliphatic carbocycles. The molecule has 0 aromatic carbocycles. The molecule has 0 fully saturated rings. The number of aliphatic hydroxyl groups excluding tert-OH is 1. The predicted octanol–water partition coefficient (Wildman–Crippen LogP) is 0.533. The molecule has 2 atom stereocenters. The molecule has 0 spiro atoms. The van der Waals surface area contributed by atoms with E-state index in [1.54, 1.807) is 0 Å². The van der Waals surface area contributed by atoms with Gasteiger partial charge in [0.05, 0.1) is 0 Å². The molecule has 0 rings (SSSR count). The summed E-state index contributed by atoms with van der Waals surface area (Å²) in [7, 11) is 0. The Morgan fingerprint density at radius 1 is 1.62 bits per heavy atom. The van der Waals surface area contributed by atoms with Crippen molar-refractivity contribution in [2.75, 3.05) is 6.61 Å². The van der Waals surface area contributed by atoms with Crippen molar-refractivity contribution in [2.24, 2.45) is 5.92 Å². The number of nitrogens with one attached hydrogen (secondary N) is 1. The van der Waals surface area contributed by atoms with Crippen molar-refractivity contribution in [2.45, 2.75) is 32.7 Å². The molecule has 0 saturated heterocycles. The number of hydrogen-bond acceptors (Lipinski definition) is 2. The molecule has 74 valence electrons. The first kappa shape index (κ1) is 12.0. The van der Waals surface area contributed by atoms with Gasteiger partial charge in [0.1, 0.15) is 0 Å². The van der Waals surface area contributed by atoms with Crippen molar-refractivity contribution in [3.8, 4) is 12.3 Å². The molecule has 0 saturated carbocycles. The minimum Gasteiger partial charge on any atom is -0.396 e. The maximum Gasteiger partial charge on any atom is 0.221 e. The molecule has 0 bridgehead atoms. The summed E-state index contributed by atoms with van der Waals surface area (Å²) in [5.41, 5.74) is 0. The van der Waals surface area contributed by atoms with E-state index in [1.165, 1.54) is 0 Å². The third-order valence-corrected chi connectivity index (χ3v) is 2.03. The largest absolute Gasteiger partial charge is 0.396 e. The van der Waals surface area contributed by atoms with Crippen molar-refractivity contribution in [3.05, 3.63) is 0 Å². The fraction of sp³-hybridized carbons (Fsp3) is 0.700. The lowest BCUT2D eigenvalue weighted by Gasteiger charge is -2.18. The van der Waals surface area contributed by atoms with Gasteiger partial charge in [-0.25, -0.2) is 0 Å². The molecule has 2 N–H and O–H groups in total. The molecule has 0 aromatic heterocycles. The second kappa shape index (κ2) is 6.50. The van der Waals surface area contributed by atoms with Gasteiger partial charge >= 0.3 is 0 Å². The van der Waals surface area contributed by atoms with Gasteiger partial charge in [0.25, 0.3) is 0 Å². The molecule has 2 unspecified atom stereocenters. The zero-order chi connectivity index (χ0) is 10.3. The fourth-order valence-corrected chi connectivity index (χ4v) is 0.812. The van der Waals surface area contributed by atoms with E-state index in [0.29, 0.717) is 12.8 Å². The number of carbonyl (C=O) groups is 1. The number of rotatable bonds is 5. The van der Waals surface area contributed by atoms with Crippen LogP contribution in [0.4, 0.5) is 0 Å². The lowest BCUT2D eigenvalue weighted by molar-refractivity contribution is -0.121. The standard InChI is InChI=1S/C10H17NO2/c1-4-5-6-10(13)11-9(3)8(2)7-12/h1,8-9,12H,5-7H2,2-3H3,(H,11,13). The summed E-state index contributed by atoms with van der Waals surface area (Å²) in [5, 5.41) is 11.6. The maximum atomic E-state index is 11.1. The smallest absolute Gasteiger partial charge is 0.221 e. The lowest BCUT2D eigenvalue weighted by Crippen LogP contribution is -2.38. The van der Waals surface area contributed by atoms with Gasteiger partial charge in [-0.1, -0.05) is 6.92 Å². The van der Waals surface area contributed by atoms with Gasteiger partial charge < -0.3 is 10.4 Å². The Balaban J connectivity index is 3.72. The van der Waals surface area contributed by atoms with Crippen LogP contribution in [0.5, 0.6) is 0 Å². The Morgan fingerprint density at radius 3 is 2.69 bits per heavy atom. The highest BCUT2D eigenvalue weighted by molar-refractivity contribution is 5.76. The van der Waals surface area contributed by atoms with Crippen LogP contribution in [0.25, 0.3) is 0 Å². The number of aliphatic hydroxyl groups is 1. The maximum absolute atomic E-state index is 11.1. The molecule has 1 amide bonds. The SMILES string of the molecule is C#CCCC(=O)NC(C)C(C)CO. The molecular formula is C10H17NO2. The van der Waals surface area contributed by atoms with Crippen LogP contribution in [0.2, 0.25) is 0 Å². The van der Waals surface area contributed by atoms with Gasteiger partial charge in [-0.2, -0.15) is 0 Å². The van der Waals surface area contributed by atoms with Crippen LogP contribution in [-0.2, 0) is 4.79 Å². The monoisotopic (exact) mass is 183 g/mol. The van der Waals surface area contributed by atoms with Gasteiger partial charge in [0.15, 0.2) is 0 Å². The van der Waals surface area contributed by atoms with Crippen molar-refractivity contribution >= 4 is 5.91 Å². The van der Waals surface area contributed by atoms with Crippen LogP contribution in [-0.4, -0.2) is 23.7 Å². The first-order valence-electron chi connectivity index (χ1n) is 4.45. The summed E-state index contributed by atoms with van der Waals surface area (Å²) >= 11 is 0. The van der Waals surface area contributed by atoms with E-state index < -0.39 is 0 Å². The molecule has 0 aromatic rings. The normalized spacial score (nSPS) is 14.3. The molecule has 0 aliphatic heterocycles. The zero-order valence-corrected chi connectivity index (χ0v) is 8.21. The quantitative estimate of drug-likeness (QED) is 0.611. The Morgan fingerprint density at radius 2 is 2.23 bits per heavy atom. The highest BCUT2D eigenvalue weighted by Gasteiger charge is 2.12. The van der Waals surface area contributed by atoms with Crippen molar-refractivity contribution in [1.82, 2.24) is 5.32 Å². The Kier molecular flexibility index (Phi) is 5.99. The Labute approximate surface area is 79.5 Å². The van der Waals surface area contributed by atoms with Crippen molar-refractivity contribution in [1.29, 1.82) is 0 Å². The van der Waals surface area contributed by atoms with E-state index in [4.69, 9.17) is 11.5 Å². The number of amides is 1. The van der Waals surface area contributed by atoms with Gasteiger partial charge in [-0.15, -0.1) is 12.3 Å². The van der Waals surface area contributed by atoms with E-state index >= 15 is 0 Å². The molecule has 0 heterocycles. The molecule has 0 radical (unpaired) electrons. The third kappa shape index (κ3) is 5.26. The van der Waals surface area contributed by atoms with E-state index in [1.807, 2.05) is 13.8 Å². The van der Waals surface area contributed by atoms with Crippen LogP contribution in [0.15, 0.2) is 0 Å². The Hall–Kier alpha value is -1.01. The van der Waals surface area contributed by atoms with Crippen LogP contribution < -0.4 is 5.32 Å². The third-order valence-electron chi connectivity index (χ3n) is 2.03. The summed E-state index contributed by atoms with van der Waals surface area (Å²) in [4.78, 5) is 11.1. The highest BCUT2D eigenvalue weighted by atomic mass is 16.3. The van der Waals surface area contributed by atoms with Crippen molar-refractivity contribution in [3.63, 3.8) is 0 Å².